The molecule has 0 aromatic heterocycles. The van der Waals surface area contributed by atoms with Gasteiger partial charge in [0, 0.05) is 25.4 Å². The van der Waals surface area contributed by atoms with E-state index in [4.69, 9.17) is 4.74 Å². The first-order valence-corrected chi connectivity index (χ1v) is 7.99. The number of hydrogen-bond acceptors (Lipinski definition) is 4. The molecule has 0 saturated carbocycles. The highest BCUT2D eigenvalue weighted by molar-refractivity contribution is 7.89. The summed E-state index contributed by atoms with van der Waals surface area (Å²) >= 11 is 0. The molecule has 19 heavy (non-hydrogen) atoms. The Morgan fingerprint density at radius 2 is 1.79 bits per heavy atom. The molecule has 2 N–H and O–H groups in total. The average Bonchev–Trinajstić information content (AvgIpc) is 2.42. The normalized spacial score (nSPS) is 11.5. The molecule has 1 rings (SSSR count). The summed E-state index contributed by atoms with van der Waals surface area (Å²) in [6.45, 7) is 6.07. The van der Waals surface area contributed by atoms with Gasteiger partial charge in [-0.2, -0.15) is 0 Å². The summed E-state index contributed by atoms with van der Waals surface area (Å²) in [5, 5.41) is 3.20. The van der Waals surface area contributed by atoms with Crippen molar-refractivity contribution in [2.75, 3.05) is 31.6 Å². The van der Waals surface area contributed by atoms with Crippen LogP contribution >= 0.6 is 0 Å². The van der Waals surface area contributed by atoms with E-state index in [1.807, 2.05) is 6.92 Å². The van der Waals surface area contributed by atoms with Crippen molar-refractivity contribution in [2.24, 2.45) is 0 Å². The Labute approximate surface area is 115 Å². The maximum Gasteiger partial charge on any atom is 0.240 e. The van der Waals surface area contributed by atoms with Crippen molar-refractivity contribution >= 4 is 15.7 Å². The van der Waals surface area contributed by atoms with E-state index in [2.05, 4.69) is 17.0 Å². The number of benzene rings is 1. The molecule has 0 aliphatic rings. The summed E-state index contributed by atoms with van der Waals surface area (Å²) in [4.78, 5) is 0.269. The second-order valence-electron chi connectivity index (χ2n) is 4.05. The van der Waals surface area contributed by atoms with Crippen molar-refractivity contribution in [2.45, 2.75) is 25.2 Å². The lowest BCUT2D eigenvalue weighted by Crippen LogP contribution is -2.27. The van der Waals surface area contributed by atoms with E-state index in [9.17, 15) is 8.42 Å². The summed E-state index contributed by atoms with van der Waals surface area (Å²) in [6.07, 6.45) is 1.03. The quantitative estimate of drug-likeness (QED) is 0.680. The van der Waals surface area contributed by atoms with Gasteiger partial charge in [-0.25, -0.2) is 13.1 Å². The number of ether oxygens (including phenoxy) is 1. The minimum Gasteiger partial charge on any atom is -0.385 e. The van der Waals surface area contributed by atoms with E-state index >= 15 is 0 Å². The highest BCUT2D eigenvalue weighted by Crippen LogP contribution is 2.13. The van der Waals surface area contributed by atoms with Crippen LogP contribution in [0.25, 0.3) is 0 Å². The first-order chi connectivity index (χ1) is 9.10. The average molecular weight is 286 g/mol. The summed E-state index contributed by atoms with van der Waals surface area (Å²) in [5.74, 6) is 0. The number of sulfonamides is 1. The Hall–Kier alpha value is -1.11. The SMILES string of the molecule is CCCNc1ccc(S(=O)(=O)NCCOCC)cc1. The van der Waals surface area contributed by atoms with Crippen molar-refractivity contribution in [1.29, 1.82) is 0 Å². The Balaban J connectivity index is 2.58. The van der Waals surface area contributed by atoms with Crippen LogP contribution in [0.5, 0.6) is 0 Å². The molecule has 0 saturated heterocycles. The molecule has 0 atom stereocenters. The van der Waals surface area contributed by atoms with Crippen molar-refractivity contribution in [3.05, 3.63) is 24.3 Å². The minimum absolute atomic E-state index is 0.269. The van der Waals surface area contributed by atoms with Gasteiger partial charge in [-0.3, -0.25) is 0 Å². The third-order valence-corrected chi connectivity index (χ3v) is 3.96. The second-order valence-corrected chi connectivity index (χ2v) is 5.81. The van der Waals surface area contributed by atoms with Gasteiger partial charge in [0.15, 0.2) is 0 Å². The fraction of sp³-hybridized carbons (Fsp3) is 0.538. The van der Waals surface area contributed by atoms with E-state index in [1.165, 1.54) is 0 Å². The fourth-order valence-corrected chi connectivity index (χ4v) is 2.51. The minimum atomic E-state index is -3.44. The predicted molar refractivity (Wildman–Crippen MR) is 76.9 cm³/mol. The highest BCUT2D eigenvalue weighted by Gasteiger charge is 2.12. The molecule has 0 bridgehead atoms. The lowest BCUT2D eigenvalue weighted by Gasteiger charge is -2.08. The zero-order valence-electron chi connectivity index (χ0n) is 11.5. The molecular weight excluding hydrogens is 264 g/mol. The number of anilines is 1. The Morgan fingerprint density at radius 1 is 1.11 bits per heavy atom. The zero-order valence-corrected chi connectivity index (χ0v) is 12.3. The Kier molecular flexibility index (Phi) is 6.83. The molecule has 0 amide bonds. The molecule has 0 aliphatic heterocycles. The molecule has 1 aromatic carbocycles. The van der Waals surface area contributed by atoms with Crippen molar-refractivity contribution in [1.82, 2.24) is 4.72 Å². The van der Waals surface area contributed by atoms with Crippen LogP contribution < -0.4 is 10.0 Å². The van der Waals surface area contributed by atoms with Gasteiger partial charge in [-0.15, -0.1) is 0 Å². The zero-order chi connectivity index (χ0) is 14.1. The Morgan fingerprint density at radius 3 is 2.37 bits per heavy atom. The van der Waals surface area contributed by atoms with Crippen LogP contribution in [0.2, 0.25) is 0 Å². The summed E-state index contributed by atoms with van der Waals surface area (Å²) in [6, 6.07) is 6.74. The van der Waals surface area contributed by atoms with E-state index in [0.717, 1.165) is 18.7 Å². The highest BCUT2D eigenvalue weighted by atomic mass is 32.2. The van der Waals surface area contributed by atoms with E-state index in [-0.39, 0.29) is 11.4 Å². The van der Waals surface area contributed by atoms with Gasteiger partial charge in [-0.05, 0) is 37.6 Å². The lowest BCUT2D eigenvalue weighted by atomic mass is 10.3. The van der Waals surface area contributed by atoms with Crippen LogP contribution in [0.15, 0.2) is 29.2 Å². The fourth-order valence-electron chi connectivity index (χ4n) is 1.50. The molecule has 5 nitrogen and oxygen atoms in total. The van der Waals surface area contributed by atoms with Gasteiger partial charge in [0.05, 0.1) is 11.5 Å². The molecule has 0 unspecified atom stereocenters. The summed E-state index contributed by atoms with van der Waals surface area (Å²) in [5.41, 5.74) is 0.926. The van der Waals surface area contributed by atoms with E-state index in [0.29, 0.717) is 13.2 Å². The molecule has 108 valence electrons. The van der Waals surface area contributed by atoms with E-state index < -0.39 is 10.0 Å². The van der Waals surface area contributed by atoms with Gasteiger partial charge in [-0.1, -0.05) is 6.92 Å². The first kappa shape index (κ1) is 15.9. The van der Waals surface area contributed by atoms with Crippen molar-refractivity contribution < 1.29 is 13.2 Å². The molecule has 0 radical (unpaired) electrons. The van der Waals surface area contributed by atoms with Gasteiger partial charge in [0.25, 0.3) is 0 Å². The molecule has 0 fully saturated rings. The van der Waals surface area contributed by atoms with Gasteiger partial charge in [0.2, 0.25) is 10.0 Å². The maximum atomic E-state index is 11.9. The van der Waals surface area contributed by atoms with Gasteiger partial charge in [0.1, 0.15) is 0 Å². The van der Waals surface area contributed by atoms with Gasteiger partial charge < -0.3 is 10.1 Å². The molecule has 0 heterocycles. The van der Waals surface area contributed by atoms with Crippen molar-refractivity contribution in [3.63, 3.8) is 0 Å². The summed E-state index contributed by atoms with van der Waals surface area (Å²) in [7, 11) is -3.44. The van der Waals surface area contributed by atoms with Crippen LogP contribution in [-0.4, -0.2) is 34.7 Å². The summed E-state index contributed by atoms with van der Waals surface area (Å²) < 4.78 is 31.5. The monoisotopic (exact) mass is 286 g/mol. The third kappa shape index (κ3) is 5.59. The molecule has 0 spiro atoms. The van der Waals surface area contributed by atoms with Crippen LogP contribution in [0, 0.1) is 0 Å². The standard InChI is InChI=1S/C13H22N2O3S/c1-3-9-14-12-5-7-13(8-6-12)19(16,17)15-10-11-18-4-2/h5-8,14-15H,3-4,9-11H2,1-2H3. The smallest absolute Gasteiger partial charge is 0.240 e. The lowest BCUT2D eigenvalue weighted by molar-refractivity contribution is 0.153. The molecular formula is C13H22N2O3S. The van der Waals surface area contributed by atoms with Crippen LogP contribution in [0.3, 0.4) is 0 Å². The molecule has 0 aliphatic carbocycles. The second kappa shape index (κ2) is 8.14. The van der Waals surface area contributed by atoms with Crippen LogP contribution in [-0.2, 0) is 14.8 Å². The Bertz CT molecular complexity index is 457. The number of rotatable bonds is 9. The largest absolute Gasteiger partial charge is 0.385 e. The van der Waals surface area contributed by atoms with E-state index in [1.54, 1.807) is 24.3 Å². The van der Waals surface area contributed by atoms with Crippen molar-refractivity contribution in [3.8, 4) is 0 Å². The topological polar surface area (TPSA) is 67.4 Å². The first-order valence-electron chi connectivity index (χ1n) is 6.51. The number of hydrogen-bond donors (Lipinski definition) is 2. The third-order valence-electron chi connectivity index (χ3n) is 2.49. The molecule has 6 heteroatoms. The predicted octanol–water partition coefficient (Wildman–Crippen LogP) is 1.82. The van der Waals surface area contributed by atoms with Crippen LogP contribution in [0.4, 0.5) is 5.69 Å². The number of nitrogens with one attached hydrogen (secondary N) is 2. The van der Waals surface area contributed by atoms with Crippen LogP contribution in [0.1, 0.15) is 20.3 Å². The maximum absolute atomic E-state index is 11.9. The van der Waals surface area contributed by atoms with Gasteiger partial charge >= 0.3 is 0 Å². The molecule has 1 aromatic rings.